The summed E-state index contributed by atoms with van der Waals surface area (Å²) in [6.07, 6.45) is 0.797. The molecule has 1 N–H and O–H groups in total. The zero-order valence-electron chi connectivity index (χ0n) is 16.2. The zero-order valence-corrected chi connectivity index (χ0v) is 16.2. The number of hydrogen-bond acceptors (Lipinski definition) is 2. The van der Waals surface area contributed by atoms with Crippen molar-refractivity contribution in [2.45, 2.75) is 20.3 Å². The number of hydrogen-bond donors (Lipinski definition) is 1. The van der Waals surface area contributed by atoms with Crippen LogP contribution in [0.15, 0.2) is 60.7 Å². The number of carbonyl (C=O) groups excluding carboxylic acids is 1. The van der Waals surface area contributed by atoms with Crippen LogP contribution in [0.2, 0.25) is 0 Å². The summed E-state index contributed by atoms with van der Waals surface area (Å²) in [4.78, 5) is 12.7. The Labute approximate surface area is 160 Å². The van der Waals surface area contributed by atoms with E-state index in [2.05, 4.69) is 53.2 Å². The molecule has 0 aliphatic rings. The van der Waals surface area contributed by atoms with Gasteiger partial charge in [-0.2, -0.15) is 0 Å². The lowest BCUT2D eigenvalue weighted by Crippen LogP contribution is -2.25. The van der Waals surface area contributed by atoms with Gasteiger partial charge < -0.3 is 14.6 Å². The van der Waals surface area contributed by atoms with Gasteiger partial charge in [-0.15, -0.1) is 0 Å². The maximum atomic E-state index is 12.7. The molecule has 0 atom stereocenters. The molecule has 0 saturated heterocycles. The van der Waals surface area contributed by atoms with Gasteiger partial charge in [-0.1, -0.05) is 48.0 Å². The first-order chi connectivity index (χ1) is 13.1. The summed E-state index contributed by atoms with van der Waals surface area (Å²) in [7, 11) is 1.67. The van der Waals surface area contributed by atoms with Crippen molar-refractivity contribution in [3.8, 4) is 16.9 Å². The molecular formula is C23H26N2O2. The van der Waals surface area contributed by atoms with Gasteiger partial charge in [0.2, 0.25) is 0 Å². The van der Waals surface area contributed by atoms with Crippen LogP contribution >= 0.6 is 0 Å². The average molecular weight is 362 g/mol. The van der Waals surface area contributed by atoms with Gasteiger partial charge in [-0.3, -0.25) is 4.79 Å². The highest BCUT2D eigenvalue weighted by Gasteiger charge is 2.19. The van der Waals surface area contributed by atoms with E-state index < -0.39 is 0 Å². The zero-order chi connectivity index (χ0) is 19.2. The molecule has 3 rings (SSSR count). The molecular weight excluding hydrogens is 336 g/mol. The van der Waals surface area contributed by atoms with Crippen LogP contribution in [0.3, 0.4) is 0 Å². The summed E-state index contributed by atoms with van der Waals surface area (Å²) in [6, 6.07) is 20.5. The number of ether oxygens (including phenoxy) is 1. The number of benzene rings is 2. The largest absolute Gasteiger partial charge is 0.385 e. The minimum absolute atomic E-state index is 0.0494. The highest BCUT2D eigenvalue weighted by atomic mass is 16.5. The van der Waals surface area contributed by atoms with Crippen LogP contribution in [-0.2, 0) is 4.74 Å². The molecule has 0 saturated carbocycles. The van der Waals surface area contributed by atoms with Gasteiger partial charge in [-0.25, -0.2) is 0 Å². The number of aryl methyl sites for hydroxylation is 1. The molecule has 0 fully saturated rings. The van der Waals surface area contributed by atoms with Crippen molar-refractivity contribution in [2.24, 2.45) is 0 Å². The first-order valence-corrected chi connectivity index (χ1v) is 9.23. The van der Waals surface area contributed by atoms with Gasteiger partial charge in [0.1, 0.15) is 0 Å². The highest BCUT2D eigenvalue weighted by Crippen LogP contribution is 2.29. The second kappa shape index (κ2) is 8.69. The van der Waals surface area contributed by atoms with Gasteiger partial charge in [0.05, 0.1) is 11.3 Å². The van der Waals surface area contributed by atoms with Crippen molar-refractivity contribution >= 4 is 5.91 Å². The average Bonchev–Trinajstić information content (AvgIpc) is 3.04. The Morgan fingerprint density at radius 1 is 1.04 bits per heavy atom. The monoisotopic (exact) mass is 362 g/mol. The van der Waals surface area contributed by atoms with Gasteiger partial charge in [0.15, 0.2) is 0 Å². The Kier molecular flexibility index (Phi) is 6.09. The molecule has 140 valence electrons. The second-order valence-electron chi connectivity index (χ2n) is 6.67. The van der Waals surface area contributed by atoms with Crippen LogP contribution < -0.4 is 5.32 Å². The molecule has 0 radical (unpaired) electrons. The molecule has 0 unspecified atom stereocenters. The van der Waals surface area contributed by atoms with E-state index in [4.69, 9.17) is 4.74 Å². The Balaban J connectivity index is 2.01. The topological polar surface area (TPSA) is 43.3 Å². The fraction of sp³-hybridized carbons (Fsp3) is 0.261. The van der Waals surface area contributed by atoms with Gasteiger partial charge in [0.25, 0.3) is 5.91 Å². The Morgan fingerprint density at radius 2 is 1.74 bits per heavy atom. The summed E-state index contributed by atoms with van der Waals surface area (Å²) >= 11 is 0. The van der Waals surface area contributed by atoms with E-state index in [9.17, 15) is 4.79 Å². The van der Waals surface area contributed by atoms with E-state index in [0.717, 1.165) is 29.1 Å². The maximum absolute atomic E-state index is 12.7. The Hall–Kier alpha value is -2.85. The third-order valence-corrected chi connectivity index (χ3v) is 4.66. The molecule has 0 aliphatic carbocycles. The van der Waals surface area contributed by atoms with Crippen molar-refractivity contribution in [3.63, 3.8) is 0 Å². The van der Waals surface area contributed by atoms with Gasteiger partial charge in [-0.05, 0) is 44.0 Å². The first kappa shape index (κ1) is 18.9. The molecule has 0 bridgehead atoms. The SMILES string of the molecule is COCCCNC(=O)c1cc(-c2ccccc2)n(-c2ccc(C)cc2)c1C. The van der Waals surface area contributed by atoms with Crippen LogP contribution in [0.4, 0.5) is 0 Å². The molecule has 1 heterocycles. The fourth-order valence-electron chi connectivity index (χ4n) is 3.20. The molecule has 1 aromatic heterocycles. The quantitative estimate of drug-likeness (QED) is 0.628. The standard InChI is InChI=1S/C23H26N2O2/c1-17-10-12-20(13-11-17)25-18(2)21(23(26)24-14-7-15-27-3)16-22(25)19-8-5-4-6-9-19/h4-6,8-13,16H,7,14-15H2,1-3H3,(H,24,26). The predicted molar refractivity (Wildman–Crippen MR) is 110 cm³/mol. The molecule has 1 amide bonds. The Bertz CT molecular complexity index is 896. The number of aromatic nitrogens is 1. The third-order valence-electron chi connectivity index (χ3n) is 4.66. The van der Waals surface area contributed by atoms with Crippen molar-refractivity contribution in [1.82, 2.24) is 9.88 Å². The summed E-state index contributed by atoms with van der Waals surface area (Å²) in [5.41, 5.74) is 5.99. The second-order valence-corrected chi connectivity index (χ2v) is 6.67. The van der Waals surface area contributed by atoms with Crippen LogP contribution in [0, 0.1) is 13.8 Å². The molecule has 4 nitrogen and oxygen atoms in total. The number of amides is 1. The summed E-state index contributed by atoms with van der Waals surface area (Å²) in [5, 5.41) is 2.99. The molecule has 4 heteroatoms. The number of methoxy groups -OCH3 is 1. The van der Waals surface area contributed by atoms with Crippen molar-refractivity contribution < 1.29 is 9.53 Å². The van der Waals surface area contributed by atoms with Crippen LogP contribution in [0.5, 0.6) is 0 Å². The van der Waals surface area contributed by atoms with E-state index in [1.165, 1.54) is 5.56 Å². The summed E-state index contributed by atoms with van der Waals surface area (Å²) < 4.78 is 7.20. The fourth-order valence-corrected chi connectivity index (χ4v) is 3.20. The van der Waals surface area contributed by atoms with Crippen molar-refractivity contribution in [2.75, 3.05) is 20.3 Å². The summed E-state index contributed by atoms with van der Waals surface area (Å²) in [6.45, 7) is 5.31. The maximum Gasteiger partial charge on any atom is 0.253 e. The van der Waals surface area contributed by atoms with Crippen LogP contribution in [0.1, 0.15) is 28.0 Å². The number of rotatable bonds is 7. The van der Waals surface area contributed by atoms with E-state index in [0.29, 0.717) is 18.7 Å². The van der Waals surface area contributed by atoms with E-state index in [-0.39, 0.29) is 5.91 Å². The highest BCUT2D eigenvalue weighted by molar-refractivity contribution is 5.97. The molecule has 0 spiro atoms. The van der Waals surface area contributed by atoms with Crippen molar-refractivity contribution in [1.29, 1.82) is 0 Å². The molecule has 0 aliphatic heterocycles. The number of nitrogens with one attached hydrogen (secondary N) is 1. The molecule has 3 aromatic rings. The Morgan fingerprint density at radius 3 is 2.41 bits per heavy atom. The minimum Gasteiger partial charge on any atom is -0.385 e. The van der Waals surface area contributed by atoms with E-state index in [1.54, 1.807) is 7.11 Å². The molecule has 27 heavy (non-hydrogen) atoms. The van der Waals surface area contributed by atoms with Crippen LogP contribution in [0.25, 0.3) is 16.9 Å². The lowest BCUT2D eigenvalue weighted by molar-refractivity contribution is 0.0948. The smallest absolute Gasteiger partial charge is 0.253 e. The normalized spacial score (nSPS) is 10.8. The van der Waals surface area contributed by atoms with Gasteiger partial charge >= 0.3 is 0 Å². The lowest BCUT2D eigenvalue weighted by Gasteiger charge is -2.13. The van der Waals surface area contributed by atoms with E-state index >= 15 is 0 Å². The van der Waals surface area contributed by atoms with Gasteiger partial charge in [0, 0.05) is 31.6 Å². The van der Waals surface area contributed by atoms with Crippen LogP contribution in [-0.4, -0.2) is 30.7 Å². The molecule has 2 aromatic carbocycles. The summed E-state index contributed by atoms with van der Waals surface area (Å²) in [5.74, 6) is -0.0494. The van der Waals surface area contributed by atoms with E-state index in [1.807, 2.05) is 31.2 Å². The third kappa shape index (κ3) is 4.29. The lowest BCUT2D eigenvalue weighted by atomic mass is 10.1. The number of nitrogens with zero attached hydrogens (tertiary/aromatic N) is 1. The first-order valence-electron chi connectivity index (χ1n) is 9.23. The minimum atomic E-state index is -0.0494. The van der Waals surface area contributed by atoms with Crippen molar-refractivity contribution in [3.05, 3.63) is 77.5 Å². The predicted octanol–water partition coefficient (Wildman–Crippen LogP) is 4.53. The number of carbonyl (C=O) groups is 1.